The fourth-order valence-corrected chi connectivity index (χ4v) is 0.643. The van der Waals surface area contributed by atoms with Crippen LogP contribution in [-0.4, -0.2) is 34.4 Å². The van der Waals surface area contributed by atoms with Crippen molar-refractivity contribution >= 4 is 5.97 Å². The van der Waals surface area contributed by atoms with Crippen LogP contribution >= 0.6 is 0 Å². The van der Waals surface area contributed by atoms with E-state index < -0.39 is 5.97 Å². The van der Waals surface area contributed by atoms with Crippen LogP contribution in [0.4, 0.5) is 0 Å². The molecule has 0 aliphatic carbocycles. The summed E-state index contributed by atoms with van der Waals surface area (Å²) in [5.41, 5.74) is 5.16. The predicted molar refractivity (Wildman–Crippen MR) is 40.0 cm³/mol. The maximum absolute atomic E-state index is 10.3. The summed E-state index contributed by atoms with van der Waals surface area (Å²) in [5, 5.41) is 11.6. The third-order valence-corrected chi connectivity index (χ3v) is 1.15. The summed E-state index contributed by atoms with van der Waals surface area (Å²) in [5.74, 6) is -1.47. The number of hydrogen-bond donors (Lipinski definition) is 2. The zero-order chi connectivity index (χ0) is 9.68. The number of rotatable bonds is 5. The molecule has 0 radical (unpaired) electrons. The molecule has 0 bridgehead atoms. The van der Waals surface area contributed by atoms with Gasteiger partial charge in [-0.2, -0.15) is 4.98 Å². The number of hydrogen-bond acceptors (Lipinski definition) is 6. The van der Waals surface area contributed by atoms with Gasteiger partial charge in [0.15, 0.2) is 0 Å². The summed E-state index contributed by atoms with van der Waals surface area (Å²) < 4.78 is 9.51. The largest absolute Gasteiger partial charge is 0.475 e. The maximum atomic E-state index is 10.3. The molecule has 1 aromatic rings. The van der Waals surface area contributed by atoms with E-state index in [1.807, 2.05) is 0 Å². The first-order valence-corrected chi connectivity index (χ1v) is 3.57. The van der Waals surface area contributed by atoms with Crippen LogP contribution in [0, 0.1) is 0 Å². The van der Waals surface area contributed by atoms with E-state index in [9.17, 15) is 4.79 Å². The Morgan fingerprint density at radius 3 is 3.00 bits per heavy atom. The summed E-state index contributed by atoms with van der Waals surface area (Å²) in [6.07, 6.45) is 0. The van der Waals surface area contributed by atoms with Crippen LogP contribution in [0.1, 0.15) is 16.5 Å². The second kappa shape index (κ2) is 4.53. The number of carboxylic acid groups (broad SMARTS) is 1. The fourth-order valence-electron chi connectivity index (χ4n) is 0.643. The highest BCUT2D eigenvalue weighted by Crippen LogP contribution is 1.98. The van der Waals surface area contributed by atoms with E-state index in [4.69, 9.17) is 15.6 Å². The van der Waals surface area contributed by atoms with Gasteiger partial charge in [0.2, 0.25) is 0 Å². The van der Waals surface area contributed by atoms with Crippen LogP contribution < -0.4 is 5.73 Å². The number of aromatic carboxylic acids is 1. The minimum Gasteiger partial charge on any atom is -0.475 e. The number of nitrogens with zero attached hydrogens (tertiary/aromatic N) is 2. The van der Waals surface area contributed by atoms with Gasteiger partial charge in [-0.15, -0.1) is 0 Å². The van der Waals surface area contributed by atoms with E-state index in [0.29, 0.717) is 13.2 Å². The summed E-state index contributed by atoms with van der Waals surface area (Å²) in [6.45, 7) is 0.836. The first-order valence-electron chi connectivity index (χ1n) is 3.57. The smallest absolute Gasteiger partial charge is 0.377 e. The molecule has 0 fully saturated rings. The molecule has 1 rings (SSSR count). The average molecular weight is 187 g/mol. The molecule has 7 heteroatoms. The molecule has 0 saturated heterocycles. The fraction of sp³-hybridized carbons (Fsp3) is 0.500. The van der Waals surface area contributed by atoms with E-state index in [2.05, 4.69) is 14.7 Å². The normalized spacial score (nSPS) is 10.2. The molecule has 3 N–H and O–H groups in total. The predicted octanol–water partition coefficient (Wildman–Crippen LogP) is -0.757. The Bertz CT molecular complexity index is 285. The first kappa shape index (κ1) is 9.62. The van der Waals surface area contributed by atoms with Crippen LogP contribution in [0.5, 0.6) is 0 Å². The molecule has 0 aromatic carbocycles. The molecule has 1 heterocycles. The highest BCUT2D eigenvalue weighted by atomic mass is 16.5. The lowest BCUT2D eigenvalue weighted by atomic mass is 10.6. The van der Waals surface area contributed by atoms with Gasteiger partial charge < -0.3 is 20.1 Å². The van der Waals surface area contributed by atoms with E-state index in [1.165, 1.54) is 0 Å². The van der Waals surface area contributed by atoms with Crippen molar-refractivity contribution in [2.75, 3.05) is 13.2 Å². The lowest BCUT2D eigenvalue weighted by Crippen LogP contribution is -2.08. The third kappa shape index (κ3) is 2.80. The molecule has 72 valence electrons. The van der Waals surface area contributed by atoms with Gasteiger partial charge in [0, 0.05) is 6.54 Å². The standard InChI is InChI=1S/C6H9N3O4/c7-1-2-12-3-4-8-5(6(10)11)9-13-4/h1-3,7H2,(H,10,11). The van der Waals surface area contributed by atoms with Crippen molar-refractivity contribution in [3.05, 3.63) is 11.7 Å². The van der Waals surface area contributed by atoms with Crippen LogP contribution in [0.3, 0.4) is 0 Å². The van der Waals surface area contributed by atoms with E-state index in [1.54, 1.807) is 0 Å². The average Bonchev–Trinajstić information content (AvgIpc) is 2.53. The SMILES string of the molecule is NCCOCc1nc(C(=O)O)no1. The first-order chi connectivity index (χ1) is 6.24. The number of ether oxygens (including phenoxy) is 1. The highest BCUT2D eigenvalue weighted by molar-refractivity contribution is 5.82. The van der Waals surface area contributed by atoms with Gasteiger partial charge in [-0.1, -0.05) is 0 Å². The Morgan fingerprint density at radius 1 is 1.69 bits per heavy atom. The van der Waals surface area contributed by atoms with Gasteiger partial charge in [-0.05, 0) is 5.16 Å². The molecule has 0 saturated carbocycles. The molecule has 0 aliphatic rings. The summed E-state index contributed by atoms with van der Waals surface area (Å²) in [6, 6.07) is 0. The lowest BCUT2D eigenvalue weighted by molar-refractivity contribution is 0.0680. The highest BCUT2D eigenvalue weighted by Gasteiger charge is 2.12. The molecule has 0 amide bonds. The van der Waals surface area contributed by atoms with Crippen LogP contribution in [0.25, 0.3) is 0 Å². The molecule has 7 nitrogen and oxygen atoms in total. The van der Waals surface area contributed by atoms with Gasteiger partial charge >= 0.3 is 5.97 Å². The number of carboxylic acids is 1. The van der Waals surface area contributed by atoms with Gasteiger partial charge in [0.1, 0.15) is 6.61 Å². The Hall–Kier alpha value is -1.47. The Labute approximate surface area is 73.5 Å². The van der Waals surface area contributed by atoms with Crippen molar-refractivity contribution in [2.45, 2.75) is 6.61 Å². The number of aromatic nitrogens is 2. The lowest BCUT2D eigenvalue weighted by Gasteiger charge is -1.95. The van der Waals surface area contributed by atoms with Gasteiger partial charge in [-0.25, -0.2) is 4.79 Å². The van der Waals surface area contributed by atoms with Gasteiger partial charge in [0.25, 0.3) is 11.7 Å². The molecule has 0 aliphatic heterocycles. The third-order valence-electron chi connectivity index (χ3n) is 1.15. The van der Waals surface area contributed by atoms with Crippen molar-refractivity contribution in [1.82, 2.24) is 10.1 Å². The minimum absolute atomic E-state index is 0.0808. The Balaban J connectivity index is 2.44. The number of nitrogens with two attached hydrogens (primary N) is 1. The maximum Gasteiger partial charge on any atom is 0.377 e. The Kier molecular flexibility index (Phi) is 3.35. The molecule has 0 atom stereocenters. The van der Waals surface area contributed by atoms with E-state index in [-0.39, 0.29) is 18.3 Å². The van der Waals surface area contributed by atoms with Gasteiger partial charge in [0.05, 0.1) is 6.61 Å². The quantitative estimate of drug-likeness (QED) is 0.583. The van der Waals surface area contributed by atoms with E-state index in [0.717, 1.165) is 0 Å². The zero-order valence-corrected chi connectivity index (χ0v) is 6.77. The second-order valence-corrected chi connectivity index (χ2v) is 2.16. The minimum atomic E-state index is -1.23. The summed E-state index contributed by atoms with van der Waals surface area (Å²) in [4.78, 5) is 13.8. The molecular weight excluding hydrogens is 178 g/mol. The van der Waals surface area contributed by atoms with Crippen LogP contribution in [0.2, 0.25) is 0 Å². The van der Waals surface area contributed by atoms with Crippen molar-refractivity contribution in [3.63, 3.8) is 0 Å². The molecule has 13 heavy (non-hydrogen) atoms. The van der Waals surface area contributed by atoms with Crippen molar-refractivity contribution in [2.24, 2.45) is 5.73 Å². The summed E-state index contributed by atoms with van der Waals surface area (Å²) >= 11 is 0. The molecular formula is C6H9N3O4. The van der Waals surface area contributed by atoms with Crippen molar-refractivity contribution < 1.29 is 19.2 Å². The molecule has 1 aromatic heterocycles. The number of carbonyl (C=O) groups is 1. The van der Waals surface area contributed by atoms with Crippen LogP contribution in [-0.2, 0) is 11.3 Å². The van der Waals surface area contributed by atoms with Gasteiger partial charge in [-0.3, -0.25) is 0 Å². The monoisotopic (exact) mass is 187 g/mol. The van der Waals surface area contributed by atoms with Crippen molar-refractivity contribution in [1.29, 1.82) is 0 Å². The second-order valence-electron chi connectivity index (χ2n) is 2.16. The topological polar surface area (TPSA) is 111 Å². The Morgan fingerprint density at radius 2 is 2.46 bits per heavy atom. The van der Waals surface area contributed by atoms with Crippen LogP contribution in [0.15, 0.2) is 4.52 Å². The zero-order valence-electron chi connectivity index (χ0n) is 6.77. The molecule has 0 spiro atoms. The summed E-state index contributed by atoms with van der Waals surface area (Å²) in [7, 11) is 0. The molecule has 0 unspecified atom stereocenters. The van der Waals surface area contributed by atoms with E-state index >= 15 is 0 Å². The van der Waals surface area contributed by atoms with Crippen molar-refractivity contribution in [3.8, 4) is 0 Å².